The number of carbonyl (C=O) groups excluding carboxylic acids is 2. The Balaban J connectivity index is 1.51. The highest BCUT2D eigenvalue weighted by Crippen LogP contribution is 2.22. The fourth-order valence-electron chi connectivity index (χ4n) is 3.97. The lowest BCUT2D eigenvalue weighted by atomic mass is 9.97. The summed E-state index contributed by atoms with van der Waals surface area (Å²) in [6.07, 6.45) is 0.862. The standard InChI is InChI=1S/C26H25BrN2O3/c1-32-22-13-11-21(12-14-22)28-15-4-16-29(18-17-28)26(31)24-6-3-2-5-23(24)25(30)19-7-9-20(27)10-8-19/h2-3,5-14H,4,15-18H2,1H3. The maximum Gasteiger partial charge on any atom is 0.254 e. The van der Waals surface area contributed by atoms with Gasteiger partial charge in [0, 0.05) is 47.5 Å². The molecule has 0 radical (unpaired) electrons. The van der Waals surface area contributed by atoms with Gasteiger partial charge in [0.1, 0.15) is 5.75 Å². The zero-order valence-electron chi connectivity index (χ0n) is 18.0. The van der Waals surface area contributed by atoms with Gasteiger partial charge in [0.2, 0.25) is 0 Å². The molecule has 4 rings (SSSR count). The fourth-order valence-corrected chi connectivity index (χ4v) is 4.23. The molecule has 0 aliphatic carbocycles. The Bertz CT molecular complexity index is 1100. The van der Waals surface area contributed by atoms with E-state index in [1.807, 2.05) is 47.4 Å². The molecular weight excluding hydrogens is 468 g/mol. The van der Waals surface area contributed by atoms with Crippen LogP contribution in [0.25, 0.3) is 0 Å². The average molecular weight is 493 g/mol. The van der Waals surface area contributed by atoms with E-state index in [1.54, 1.807) is 37.4 Å². The number of ketones is 1. The maximum atomic E-state index is 13.4. The number of rotatable bonds is 5. The minimum absolute atomic E-state index is 0.0948. The van der Waals surface area contributed by atoms with Crippen molar-refractivity contribution < 1.29 is 14.3 Å². The van der Waals surface area contributed by atoms with E-state index in [1.165, 1.54) is 0 Å². The second-order valence-electron chi connectivity index (χ2n) is 7.71. The maximum absolute atomic E-state index is 13.4. The van der Waals surface area contributed by atoms with Gasteiger partial charge in [-0.05, 0) is 61.0 Å². The number of hydrogen-bond donors (Lipinski definition) is 0. The number of methoxy groups -OCH3 is 1. The van der Waals surface area contributed by atoms with Crippen molar-refractivity contribution in [2.45, 2.75) is 6.42 Å². The zero-order valence-corrected chi connectivity index (χ0v) is 19.5. The second kappa shape index (κ2) is 10.0. The van der Waals surface area contributed by atoms with E-state index in [-0.39, 0.29) is 11.7 Å². The molecule has 0 spiro atoms. The van der Waals surface area contributed by atoms with Crippen LogP contribution in [0.3, 0.4) is 0 Å². The normalized spacial score (nSPS) is 14.1. The third-order valence-electron chi connectivity index (χ3n) is 5.73. The third kappa shape index (κ3) is 4.86. The monoisotopic (exact) mass is 492 g/mol. The molecule has 0 unspecified atom stereocenters. The molecule has 0 aromatic heterocycles. The van der Waals surface area contributed by atoms with Gasteiger partial charge < -0.3 is 14.5 Å². The van der Waals surface area contributed by atoms with Crippen molar-refractivity contribution >= 4 is 33.3 Å². The van der Waals surface area contributed by atoms with Gasteiger partial charge in [0.25, 0.3) is 5.91 Å². The number of ether oxygens (including phenoxy) is 1. The molecule has 32 heavy (non-hydrogen) atoms. The Morgan fingerprint density at radius 1 is 0.812 bits per heavy atom. The first-order chi connectivity index (χ1) is 15.6. The van der Waals surface area contributed by atoms with Gasteiger partial charge in [-0.25, -0.2) is 0 Å². The Morgan fingerprint density at radius 2 is 1.50 bits per heavy atom. The van der Waals surface area contributed by atoms with E-state index in [9.17, 15) is 9.59 Å². The highest BCUT2D eigenvalue weighted by Gasteiger charge is 2.24. The van der Waals surface area contributed by atoms with Crippen LogP contribution < -0.4 is 9.64 Å². The van der Waals surface area contributed by atoms with Gasteiger partial charge in [0.05, 0.1) is 12.7 Å². The summed E-state index contributed by atoms with van der Waals surface area (Å²) < 4.78 is 6.15. The van der Waals surface area contributed by atoms with Crippen LogP contribution in [0.2, 0.25) is 0 Å². The molecule has 1 aliphatic rings. The van der Waals surface area contributed by atoms with Crippen LogP contribution in [-0.4, -0.2) is 49.9 Å². The van der Waals surface area contributed by atoms with Crippen LogP contribution >= 0.6 is 15.9 Å². The van der Waals surface area contributed by atoms with E-state index in [2.05, 4.69) is 20.8 Å². The number of anilines is 1. The summed E-state index contributed by atoms with van der Waals surface area (Å²) >= 11 is 3.39. The summed E-state index contributed by atoms with van der Waals surface area (Å²) in [5.41, 5.74) is 2.58. The fraction of sp³-hybridized carbons (Fsp3) is 0.231. The molecule has 6 heteroatoms. The number of benzene rings is 3. The van der Waals surface area contributed by atoms with Crippen LogP contribution in [0.1, 0.15) is 32.7 Å². The summed E-state index contributed by atoms with van der Waals surface area (Å²) in [7, 11) is 1.66. The minimum atomic E-state index is -0.142. The van der Waals surface area contributed by atoms with E-state index in [0.717, 1.165) is 35.4 Å². The van der Waals surface area contributed by atoms with E-state index in [0.29, 0.717) is 29.8 Å². The first kappa shape index (κ1) is 22.1. The van der Waals surface area contributed by atoms with Crippen molar-refractivity contribution in [1.82, 2.24) is 4.90 Å². The van der Waals surface area contributed by atoms with Crippen LogP contribution in [0.5, 0.6) is 5.75 Å². The van der Waals surface area contributed by atoms with Crippen LogP contribution in [0.4, 0.5) is 5.69 Å². The molecule has 0 saturated carbocycles. The van der Waals surface area contributed by atoms with Crippen molar-refractivity contribution in [3.63, 3.8) is 0 Å². The average Bonchev–Trinajstić information content (AvgIpc) is 3.10. The van der Waals surface area contributed by atoms with Gasteiger partial charge >= 0.3 is 0 Å². The summed E-state index contributed by atoms with van der Waals surface area (Å²) in [6, 6.07) is 22.3. The molecule has 5 nitrogen and oxygen atoms in total. The molecule has 1 aliphatic heterocycles. The molecule has 164 valence electrons. The molecule has 1 heterocycles. The number of nitrogens with zero attached hydrogens (tertiary/aromatic N) is 2. The lowest BCUT2D eigenvalue weighted by Gasteiger charge is -2.24. The lowest BCUT2D eigenvalue weighted by Crippen LogP contribution is -2.36. The van der Waals surface area contributed by atoms with Crippen molar-refractivity contribution in [3.05, 3.63) is 94.0 Å². The molecule has 3 aromatic carbocycles. The number of amides is 1. The number of halogens is 1. The lowest BCUT2D eigenvalue weighted by molar-refractivity contribution is 0.0762. The van der Waals surface area contributed by atoms with Crippen LogP contribution in [-0.2, 0) is 0 Å². The first-order valence-corrected chi connectivity index (χ1v) is 11.4. The van der Waals surface area contributed by atoms with E-state index < -0.39 is 0 Å². The van der Waals surface area contributed by atoms with Crippen molar-refractivity contribution in [3.8, 4) is 5.75 Å². The van der Waals surface area contributed by atoms with Gasteiger partial charge in [-0.15, -0.1) is 0 Å². The van der Waals surface area contributed by atoms with Crippen molar-refractivity contribution in [2.75, 3.05) is 38.2 Å². The molecule has 1 saturated heterocycles. The largest absolute Gasteiger partial charge is 0.497 e. The predicted octanol–water partition coefficient (Wildman–Crippen LogP) is 5.04. The SMILES string of the molecule is COc1ccc(N2CCCN(C(=O)c3ccccc3C(=O)c3ccc(Br)cc3)CC2)cc1. The van der Waals surface area contributed by atoms with Crippen LogP contribution in [0, 0.1) is 0 Å². The molecule has 0 atom stereocenters. The van der Waals surface area contributed by atoms with Gasteiger partial charge in [-0.3, -0.25) is 9.59 Å². The van der Waals surface area contributed by atoms with Crippen molar-refractivity contribution in [1.29, 1.82) is 0 Å². The van der Waals surface area contributed by atoms with E-state index >= 15 is 0 Å². The smallest absolute Gasteiger partial charge is 0.254 e. The molecular formula is C26H25BrN2O3. The minimum Gasteiger partial charge on any atom is -0.497 e. The molecule has 0 N–H and O–H groups in total. The van der Waals surface area contributed by atoms with Crippen molar-refractivity contribution in [2.24, 2.45) is 0 Å². The third-order valence-corrected chi connectivity index (χ3v) is 6.26. The summed E-state index contributed by atoms with van der Waals surface area (Å²) in [4.78, 5) is 30.7. The van der Waals surface area contributed by atoms with Crippen LogP contribution in [0.15, 0.2) is 77.3 Å². The molecule has 0 bridgehead atoms. The first-order valence-electron chi connectivity index (χ1n) is 10.6. The van der Waals surface area contributed by atoms with Gasteiger partial charge in [0.15, 0.2) is 5.78 Å². The highest BCUT2D eigenvalue weighted by molar-refractivity contribution is 9.10. The quantitative estimate of drug-likeness (QED) is 0.468. The van der Waals surface area contributed by atoms with E-state index in [4.69, 9.17) is 4.74 Å². The Labute approximate surface area is 196 Å². The Kier molecular flexibility index (Phi) is 6.90. The number of hydrogen-bond acceptors (Lipinski definition) is 4. The molecule has 1 amide bonds. The topological polar surface area (TPSA) is 49.9 Å². The summed E-state index contributed by atoms with van der Waals surface area (Å²) in [5.74, 6) is 0.589. The summed E-state index contributed by atoms with van der Waals surface area (Å²) in [6.45, 7) is 2.87. The summed E-state index contributed by atoms with van der Waals surface area (Å²) in [5, 5.41) is 0. The highest BCUT2D eigenvalue weighted by atomic mass is 79.9. The predicted molar refractivity (Wildman–Crippen MR) is 130 cm³/mol. The number of carbonyl (C=O) groups is 2. The molecule has 3 aromatic rings. The molecule has 1 fully saturated rings. The Morgan fingerprint density at radius 3 is 2.19 bits per heavy atom. The Hall–Kier alpha value is -3.12. The van der Waals surface area contributed by atoms with Gasteiger partial charge in [-0.1, -0.05) is 34.1 Å². The zero-order chi connectivity index (χ0) is 22.5. The van der Waals surface area contributed by atoms with Gasteiger partial charge in [-0.2, -0.15) is 0 Å². The second-order valence-corrected chi connectivity index (χ2v) is 8.63.